The SMILES string of the molecule is CC1CCCC(CO)(NCc2cc(C(N)=O)cs2)C1. The molecule has 0 spiro atoms. The van der Waals surface area contributed by atoms with Crippen LogP contribution in [0.2, 0.25) is 0 Å². The van der Waals surface area contributed by atoms with Gasteiger partial charge in [0, 0.05) is 22.3 Å². The van der Waals surface area contributed by atoms with Crippen molar-refractivity contribution in [2.45, 2.75) is 44.7 Å². The van der Waals surface area contributed by atoms with Crippen molar-refractivity contribution in [3.8, 4) is 0 Å². The molecule has 1 fully saturated rings. The fourth-order valence-electron chi connectivity index (χ4n) is 2.90. The molecular weight excluding hydrogens is 260 g/mol. The first-order valence-corrected chi connectivity index (χ1v) is 7.66. The molecule has 0 aliphatic heterocycles. The number of primary amides is 1. The summed E-state index contributed by atoms with van der Waals surface area (Å²) in [5.41, 5.74) is 5.65. The minimum absolute atomic E-state index is 0.158. The van der Waals surface area contributed by atoms with Crippen molar-refractivity contribution >= 4 is 17.2 Å². The average molecular weight is 282 g/mol. The highest BCUT2D eigenvalue weighted by Crippen LogP contribution is 2.32. The Morgan fingerprint density at radius 1 is 1.68 bits per heavy atom. The van der Waals surface area contributed by atoms with E-state index in [2.05, 4.69) is 12.2 Å². The van der Waals surface area contributed by atoms with Gasteiger partial charge >= 0.3 is 0 Å². The average Bonchev–Trinajstić information content (AvgIpc) is 2.85. The Bertz CT molecular complexity index is 446. The van der Waals surface area contributed by atoms with Gasteiger partial charge in [0.1, 0.15) is 0 Å². The smallest absolute Gasteiger partial charge is 0.249 e. The molecule has 1 saturated carbocycles. The molecule has 2 atom stereocenters. The molecule has 0 aromatic carbocycles. The van der Waals surface area contributed by atoms with E-state index < -0.39 is 0 Å². The van der Waals surface area contributed by atoms with E-state index in [0.717, 1.165) is 24.1 Å². The van der Waals surface area contributed by atoms with Crippen LogP contribution in [0, 0.1) is 5.92 Å². The fraction of sp³-hybridized carbons (Fsp3) is 0.643. The number of carbonyl (C=O) groups excluding carboxylic acids is 1. The van der Waals surface area contributed by atoms with E-state index in [1.54, 1.807) is 5.38 Å². The third kappa shape index (κ3) is 3.55. The lowest BCUT2D eigenvalue weighted by Gasteiger charge is -2.39. The topological polar surface area (TPSA) is 75.3 Å². The Labute approximate surface area is 118 Å². The Hall–Kier alpha value is -0.910. The molecule has 0 saturated heterocycles. The van der Waals surface area contributed by atoms with E-state index in [1.165, 1.54) is 17.8 Å². The zero-order chi connectivity index (χ0) is 13.9. The Morgan fingerprint density at radius 3 is 3.05 bits per heavy atom. The van der Waals surface area contributed by atoms with Gasteiger partial charge < -0.3 is 16.2 Å². The maximum atomic E-state index is 11.1. The summed E-state index contributed by atoms with van der Waals surface area (Å²) in [4.78, 5) is 12.1. The molecule has 1 amide bonds. The van der Waals surface area contributed by atoms with Crippen molar-refractivity contribution in [3.63, 3.8) is 0 Å². The van der Waals surface area contributed by atoms with E-state index in [-0.39, 0.29) is 18.1 Å². The number of rotatable bonds is 5. The summed E-state index contributed by atoms with van der Waals surface area (Å²) in [5, 5.41) is 15.0. The van der Waals surface area contributed by atoms with Gasteiger partial charge in [0.15, 0.2) is 0 Å². The number of carbonyl (C=O) groups is 1. The summed E-state index contributed by atoms with van der Waals surface area (Å²) in [5.74, 6) is 0.267. The second-order valence-electron chi connectivity index (χ2n) is 5.66. The van der Waals surface area contributed by atoms with Gasteiger partial charge in [0.05, 0.1) is 12.2 Å². The Morgan fingerprint density at radius 2 is 2.47 bits per heavy atom. The summed E-state index contributed by atoms with van der Waals surface area (Å²) >= 11 is 1.53. The zero-order valence-corrected chi connectivity index (χ0v) is 12.1. The molecule has 1 aliphatic carbocycles. The van der Waals surface area contributed by atoms with Gasteiger partial charge in [-0.1, -0.05) is 19.8 Å². The lowest BCUT2D eigenvalue weighted by Crippen LogP contribution is -2.50. The number of aliphatic hydroxyl groups is 1. The molecule has 2 rings (SSSR count). The molecule has 1 aromatic rings. The number of hydrogen-bond acceptors (Lipinski definition) is 4. The monoisotopic (exact) mass is 282 g/mol. The summed E-state index contributed by atoms with van der Waals surface area (Å²) in [6.45, 7) is 3.10. The van der Waals surface area contributed by atoms with Crippen LogP contribution in [0.25, 0.3) is 0 Å². The van der Waals surface area contributed by atoms with Crippen LogP contribution in [0.3, 0.4) is 0 Å². The molecule has 0 bridgehead atoms. The first-order valence-electron chi connectivity index (χ1n) is 6.78. The third-order valence-electron chi connectivity index (χ3n) is 3.97. The lowest BCUT2D eigenvalue weighted by atomic mass is 9.77. The van der Waals surface area contributed by atoms with Gasteiger partial charge in [-0.15, -0.1) is 11.3 Å². The highest BCUT2D eigenvalue weighted by Gasteiger charge is 2.33. The first kappa shape index (κ1) is 14.5. The molecule has 5 heteroatoms. The molecular formula is C14H22N2O2S. The van der Waals surface area contributed by atoms with Crippen molar-refractivity contribution < 1.29 is 9.90 Å². The highest BCUT2D eigenvalue weighted by molar-refractivity contribution is 7.10. The van der Waals surface area contributed by atoms with E-state index in [1.807, 2.05) is 6.07 Å². The minimum Gasteiger partial charge on any atom is -0.394 e. The molecule has 106 valence electrons. The normalized spacial score (nSPS) is 27.4. The second-order valence-corrected chi connectivity index (χ2v) is 6.66. The van der Waals surface area contributed by atoms with Crippen LogP contribution in [-0.2, 0) is 6.54 Å². The minimum atomic E-state index is -0.384. The van der Waals surface area contributed by atoms with E-state index in [0.29, 0.717) is 18.0 Å². The molecule has 1 aliphatic rings. The predicted molar refractivity (Wildman–Crippen MR) is 77.1 cm³/mol. The second kappa shape index (κ2) is 6.03. The Balaban J connectivity index is 1.97. The summed E-state index contributed by atoms with van der Waals surface area (Å²) in [6.07, 6.45) is 4.43. The Kier molecular flexibility index (Phi) is 4.60. The largest absolute Gasteiger partial charge is 0.394 e. The van der Waals surface area contributed by atoms with Gasteiger partial charge in [-0.3, -0.25) is 4.79 Å². The van der Waals surface area contributed by atoms with Crippen LogP contribution in [0.1, 0.15) is 47.8 Å². The van der Waals surface area contributed by atoms with Crippen molar-refractivity contribution in [2.24, 2.45) is 11.7 Å². The number of nitrogens with two attached hydrogens (primary N) is 1. The first-order chi connectivity index (χ1) is 9.04. The molecule has 4 nitrogen and oxygen atoms in total. The maximum Gasteiger partial charge on any atom is 0.249 e. The lowest BCUT2D eigenvalue weighted by molar-refractivity contribution is 0.0984. The molecule has 0 radical (unpaired) electrons. The summed E-state index contributed by atoms with van der Waals surface area (Å²) in [6, 6.07) is 1.83. The standard InChI is InChI=1S/C14H22N2O2S/c1-10-3-2-4-14(6-10,9-17)16-7-12-5-11(8-19-12)13(15)18/h5,8,10,16-17H,2-4,6-7,9H2,1H3,(H2,15,18). The van der Waals surface area contributed by atoms with Crippen LogP contribution >= 0.6 is 11.3 Å². The van der Waals surface area contributed by atoms with Gasteiger partial charge in [-0.25, -0.2) is 0 Å². The van der Waals surface area contributed by atoms with Crippen LogP contribution in [0.4, 0.5) is 0 Å². The van der Waals surface area contributed by atoms with Crippen LogP contribution in [-0.4, -0.2) is 23.2 Å². The molecule has 19 heavy (non-hydrogen) atoms. The van der Waals surface area contributed by atoms with Gasteiger partial charge in [0.2, 0.25) is 5.91 Å². The van der Waals surface area contributed by atoms with Crippen molar-refractivity contribution in [3.05, 3.63) is 21.9 Å². The van der Waals surface area contributed by atoms with Gasteiger partial charge in [0.25, 0.3) is 0 Å². The summed E-state index contributed by atoms with van der Waals surface area (Å²) in [7, 11) is 0. The fourth-order valence-corrected chi connectivity index (χ4v) is 3.71. The summed E-state index contributed by atoms with van der Waals surface area (Å²) < 4.78 is 0. The van der Waals surface area contributed by atoms with Crippen LogP contribution < -0.4 is 11.1 Å². The number of thiophene rings is 1. The van der Waals surface area contributed by atoms with Crippen molar-refractivity contribution in [1.29, 1.82) is 0 Å². The molecule has 1 aromatic heterocycles. The number of hydrogen-bond donors (Lipinski definition) is 3. The number of amides is 1. The number of nitrogens with one attached hydrogen (secondary N) is 1. The van der Waals surface area contributed by atoms with E-state index >= 15 is 0 Å². The van der Waals surface area contributed by atoms with Crippen molar-refractivity contribution in [1.82, 2.24) is 5.32 Å². The van der Waals surface area contributed by atoms with E-state index in [4.69, 9.17) is 5.73 Å². The van der Waals surface area contributed by atoms with E-state index in [9.17, 15) is 9.90 Å². The molecule has 2 unspecified atom stereocenters. The molecule has 1 heterocycles. The quantitative estimate of drug-likeness (QED) is 0.772. The van der Waals surface area contributed by atoms with Gasteiger partial charge in [-0.05, 0) is 24.8 Å². The van der Waals surface area contributed by atoms with Crippen LogP contribution in [0.5, 0.6) is 0 Å². The van der Waals surface area contributed by atoms with Crippen LogP contribution in [0.15, 0.2) is 11.4 Å². The van der Waals surface area contributed by atoms with Gasteiger partial charge in [-0.2, -0.15) is 0 Å². The van der Waals surface area contributed by atoms with Crippen molar-refractivity contribution in [2.75, 3.05) is 6.61 Å². The third-order valence-corrected chi connectivity index (χ3v) is 4.91. The predicted octanol–water partition coefficient (Wildman–Crippen LogP) is 1.88. The highest BCUT2D eigenvalue weighted by atomic mass is 32.1. The molecule has 4 N–H and O–H groups in total. The number of aliphatic hydroxyl groups excluding tert-OH is 1. The maximum absolute atomic E-state index is 11.1. The zero-order valence-electron chi connectivity index (χ0n) is 11.3.